The van der Waals surface area contributed by atoms with Gasteiger partial charge in [-0.05, 0) is 31.7 Å². The number of piperidine rings is 1. The molecule has 2 saturated heterocycles. The van der Waals surface area contributed by atoms with Gasteiger partial charge >= 0.3 is 0 Å². The minimum Gasteiger partial charge on any atom is -0.378 e. The number of nitrogens with zero attached hydrogens (tertiary/aromatic N) is 5. The van der Waals surface area contributed by atoms with Crippen LogP contribution in [-0.4, -0.2) is 66.4 Å². The highest BCUT2D eigenvalue weighted by molar-refractivity contribution is 7.20. The Hall–Kier alpha value is -2.26. The quantitative estimate of drug-likeness (QED) is 0.612. The van der Waals surface area contributed by atoms with Gasteiger partial charge in [-0.2, -0.15) is 10.1 Å². The largest absolute Gasteiger partial charge is 0.378 e. The van der Waals surface area contributed by atoms with E-state index in [4.69, 9.17) is 9.72 Å². The molecule has 1 amide bonds. The van der Waals surface area contributed by atoms with Crippen molar-refractivity contribution in [3.8, 4) is 0 Å². The highest BCUT2D eigenvalue weighted by Crippen LogP contribution is 2.33. The number of anilines is 2. The van der Waals surface area contributed by atoms with E-state index < -0.39 is 0 Å². The van der Waals surface area contributed by atoms with Crippen molar-refractivity contribution in [3.05, 3.63) is 10.9 Å². The van der Waals surface area contributed by atoms with Crippen LogP contribution in [0.2, 0.25) is 0 Å². The lowest BCUT2D eigenvalue weighted by atomic mass is 10.1. The minimum atomic E-state index is 0.106. The molecular weight excluding hydrogens is 376 g/mol. The molecule has 0 saturated carbocycles. The summed E-state index contributed by atoms with van der Waals surface area (Å²) in [5, 5.41) is 5.08. The summed E-state index contributed by atoms with van der Waals surface area (Å²) in [7, 11) is 0. The average molecular weight is 403 g/mol. The van der Waals surface area contributed by atoms with E-state index in [0.29, 0.717) is 19.2 Å². The number of fused-ring (bicyclic) bond motifs is 1. The molecule has 0 spiro atoms. The summed E-state index contributed by atoms with van der Waals surface area (Å²) >= 11 is 1.44. The van der Waals surface area contributed by atoms with Crippen LogP contribution in [0.25, 0.3) is 10.2 Å². The maximum atomic E-state index is 13.0. The van der Waals surface area contributed by atoms with E-state index in [0.717, 1.165) is 66.4 Å². The fourth-order valence-corrected chi connectivity index (χ4v) is 4.52. The number of likely N-dealkylation sites (tertiary alicyclic amines) is 1. The SMILES string of the molecule is CC/C=N/Nc1nc(N2CCOCC2)c2cc(C(=O)N3CCCCC3)sc2n1. The predicted octanol–water partition coefficient (Wildman–Crippen LogP) is 2.96. The standard InChI is InChI=1S/C19H26N6O2S/c1-2-6-20-23-19-21-16(24-9-11-27-12-10-24)14-13-15(28-17(14)22-19)18(26)25-7-4-3-5-8-25/h6,13H,2-5,7-12H2,1H3,(H,21,22,23)/b20-6+. The molecule has 8 nitrogen and oxygen atoms in total. The van der Waals surface area contributed by atoms with Gasteiger partial charge in [0.1, 0.15) is 10.6 Å². The zero-order chi connectivity index (χ0) is 19.3. The molecule has 0 bridgehead atoms. The maximum Gasteiger partial charge on any atom is 0.264 e. The second kappa shape index (κ2) is 8.83. The molecule has 2 fully saturated rings. The number of carbonyl (C=O) groups is 1. The Kier molecular flexibility index (Phi) is 6.01. The molecule has 2 aromatic heterocycles. The van der Waals surface area contributed by atoms with Crippen LogP contribution in [0.15, 0.2) is 11.2 Å². The fourth-order valence-electron chi connectivity index (χ4n) is 3.53. The first-order valence-corrected chi connectivity index (χ1v) is 10.8. The summed E-state index contributed by atoms with van der Waals surface area (Å²) in [5.74, 6) is 1.41. The van der Waals surface area contributed by atoms with Crippen LogP contribution in [0.4, 0.5) is 11.8 Å². The molecule has 4 rings (SSSR count). The fraction of sp³-hybridized carbons (Fsp3) is 0.579. The summed E-state index contributed by atoms with van der Waals surface area (Å²) < 4.78 is 5.48. The van der Waals surface area contributed by atoms with Crippen molar-refractivity contribution in [2.75, 3.05) is 49.7 Å². The normalized spacial score (nSPS) is 18.2. The van der Waals surface area contributed by atoms with Gasteiger partial charge < -0.3 is 14.5 Å². The van der Waals surface area contributed by atoms with Crippen LogP contribution < -0.4 is 10.3 Å². The number of thiophene rings is 1. The zero-order valence-corrected chi connectivity index (χ0v) is 17.0. The van der Waals surface area contributed by atoms with Crippen molar-refractivity contribution in [2.24, 2.45) is 5.10 Å². The Morgan fingerprint density at radius 1 is 1.25 bits per heavy atom. The molecule has 0 aromatic carbocycles. The lowest BCUT2D eigenvalue weighted by molar-refractivity contribution is 0.0729. The Morgan fingerprint density at radius 3 is 2.79 bits per heavy atom. The van der Waals surface area contributed by atoms with E-state index >= 15 is 0 Å². The highest BCUT2D eigenvalue weighted by atomic mass is 32.1. The smallest absolute Gasteiger partial charge is 0.264 e. The van der Waals surface area contributed by atoms with Gasteiger partial charge in [-0.1, -0.05) is 6.92 Å². The van der Waals surface area contributed by atoms with Crippen LogP contribution in [0.1, 0.15) is 42.3 Å². The van der Waals surface area contributed by atoms with E-state index in [2.05, 4.69) is 20.4 Å². The van der Waals surface area contributed by atoms with Gasteiger partial charge in [0.15, 0.2) is 0 Å². The topological polar surface area (TPSA) is 82.9 Å². The summed E-state index contributed by atoms with van der Waals surface area (Å²) in [6.07, 6.45) is 5.98. The van der Waals surface area contributed by atoms with Gasteiger partial charge in [0, 0.05) is 32.4 Å². The molecule has 2 aliphatic heterocycles. The summed E-state index contributed by atoms with van der Waals surface area (Å²) in [4.78, 5) is 28.0. The molecule has 0 atom stereocenters. The molecule has 28 heavy (non-hydrogen) atoms. The van der Waals surface area contributed by atoms with E-state index in [-0.39, 0.29) is 5.91 Å². The van der Waals surface area contributed by atoms with Crippen LogP contribution >= 0.6 is 11.3 Å². The Bertz CT molecular complexity index is 855. The van der Waals surface area contributed by atoms with Crippen LogP contribution in [-0.2, 0) is 4.74 Å². The van der Waals surface area contributed by atoms with Crippen molar-refractivity contribution in [1.29, 1.82) is 0 Å². The van der Waals surface area contributed by atoms with Crippen LogP contribution in [0, 0.1) is 0 Å². The highest BCUT2D eigenvalue weighted by Gasteiger charge is 2.24. The Labute approximate surface area is 168 Å². The first-order valence-electron chi connectivity index (χ1n) is 9.97. The summed E-state index contributed by atoms with van der Waals surface area (Å²) in [6.45, 7) is 6.59. The van der Waals surface area contributed by atoms with Crippen molar-refractivity contribution in [1.82, 2.24) is 14.9 Å². The average Bonchev–Trinajstić information content (AvgIpc) is 3.18. The van der Waals surface area contributed by atoms with E-state index in [1.807, 2.05) is 17.9 Å². The minimum absolute atomic E-state index is 0.106. The van der Waals surface area contributed by atoms with Gasteiger partial charge in [0.25, 0.3) is 5.91 Å². The number of hydrazone groups is 1. The molecular formula is C19H26N6O2S. The molecule has 2 aromatic rings. The molecule has 4 heterocycles. The third-order valence-corrected chi connectivity index (χ3v) is 5.99. The van der Waals surface area contributed by atoms with Gasteiger partial charge in [-0.15, -0.1) is 11.3 Å². The summed E-state index contributed by atoms with van der Waals surface area (Å²) in [5.41, 5.74) is 2.92. The zero-order valence-electron chi connectivity index (χ0n) is 16.2. The number of aromatic nitrogens is 2. The van der Waals surface area contributed by atoms with E-state index in [9.17, 15) is 4.79 Å². The number of carbonyl (C=O) groups excluding carboxylic acids is 1. The van der Waals surface area contributed by atoms with Crippen molar-refractivity contribution in [2.45, 2.75) is 32.6 Å². The van der Waals surface area contributed by atoms with Crippen molar-refractivity contribution < 1.29 is 9.53 Å². The first-order chi connectivity index (χ1) is 13.8. The first kappa shape index (κ1) is 19.1. The van der Waals surface area contributed by atoms with E-state index in [1.54, 1.807) is 6.21 Å². The molecule has 9 heteroatoms. The number of hydrogen-bond donors (Lipinski definition) is 1. The second-order valence-electron chi connectivity index (χ2n) is 6.98. The number of nitrogens with one attached hydrogen (secondary N) is 1. The van der Waals surface area contributed by atoms with Gasteiger partial charge in [-0.3, -0.25) is 4.79 Å². The van der Waals surface area contributed by atoms with Crippen LogP contribution in [0.5, 0.6) is 0 Å². The lowest BCUT2D eigenvalue weighted by Crippen LogP contribution is -2.37. The molecule has 2 aliphatic rings. The molecule has 1 N–H and O–H groups in total. The second-order valence-corrected chi connectivity index (χ2v) is 8.01. The van der Waals surface area contributed by atoms with Crippen LogP contribution in [0.3, 0.4) is 0 Å². The predicted molar refractivity (Wildman–Crippen MR) is 113 cm³/mol. The molecule has 150 valence electrons. The molecule has 0 radical (unpaired) electrons. The Balaban J connectivity index is 1.69. The number of hydrogen-bond acceptors (Lipinski definition) is 8. The maximum absolute atomic E-state index is 13.0. The third-order valence-electron chi connectivity index (χ3n) is 4.98. The van der Waals surface area contributed by atoms with Crippen molar-refractivity contribution >= 4 is 45.4 Å². The lowest BCUT2D eigenvalue weighted by Gasteiger charge is -2.28. The van der Waals surface area contributed by atoms with Gasteiger partial charge in [0.2, 0.25) is 5.95 Å². The molecule has 0 unspecified atom stereocenters. The Morgan fingerprint density at radius 2 is 2.04 bits per heavy atom. The number of ether oxygens (including phenoxy) is 1. The molecule has 0 aliphatic carbocycles. The third kappa shape index (κ3) is 4.10. The van der Waals surface area contributed by atoms with E-state index in [1.165, 1.54) is 17.8 Å². The number of rotatable bonds is 5. The number of amides is 1. The van der Waals surface area contributed by atoms with Crippen molar-refractivity contribution in [3.63, 3.8) is 0 Å². The van der Waals surface area contributed by atoms with Gasteiger partial charge in [0.05, 0.1) is 23.5 Å². The monoisotopic (exact) mass is 402 g/mol. The summed E-state index contributed by atoms with van der Waals surface area (Å²) in [6, 6.07) is 1.96. The number of morpholine rings is 1. The van der Waals surface area contributed by atoms with Gasteiger partial charge in [-0.25, -0.2) is 10.4 Å².